The fourth-order valence-corrected chi connectivity index (χ4v) is 2.31. The first-order valence-electron chi connectivity index (χ1n) is 7.75. The number of nitro benzene ring substituents is 1. The van der Waals surface area contributed by atoms with E-state index in [2.05, 4.69) is 15.8 Å². The Morgan fingerprint density at radius 1 is 1.00 bits per heavy atom. The number of amides is 2. The number of hydrogen-bond donors (Lipinski definition) is 2. The van der Waals surface area contributed by atoms with E-state index in [0.29, 0.717) is 17.0 Å². The van der Waals surface area contributed by atoms with Gasteiger partial charge in [0.2, 0.25) is 0 Å². The minimum absolute atomic E-state index is 0.0431. The van der Waals surface area contributed by atoms with Crippen molar-refractivity contribution in [2.45, 2.75) is 20.8 Å². The lowest BCUT2D eigenvalue weighted by Crippen LogP contribution is -2.33. The molecular formula is C18H18N4O4. The molecule has 8 nitrogen and oxygen atoms in total. The van der Waals surface area contributed by atoms with E-state index >= 15 is 0 Å². The average Bonchev–Trinajstić information content (AvgIpc) is 2.58. The van der Waals surface area contributed by atoms with Crippen LogP contribution in [-0.2, 0) is 9.59 Å². The summed E-state index contributed by atoms with van der Waals surface area (Å²) >= 11 is 0. The van der Waals surface area contributed by atoms with Gasteiger partial charge in [-0.1, -0.05) is 6.07 Å². The van der Waals surface area contributed by atoms with Gasteiger partial charge >= 0.3 is 11.8 Å². The lowest BCUT2D eigenvalue weighted by atomic mass is 10.1. The lowest BCUT2D eigenvalue weighted by molar-refractivity contribution is -0.384. The summed E-state index contributed by atoms with van der Waals surface area (Å²) in [7, 11) is 0. The zero-order valence-corrected chi connectivity index (χ0v) is 14.6. The predicted octanol–water partition coefficient (Wildman–Crippen LogP) is 2.69. The number of benzene rings is 2. The Bertz CT molecular complexity index is 868. The summed E-state index contributed by atoms with van der Waals surface area (Å²) in [4.78, 5) is 33.9. The predicted molar refractivity (Wildman–Crippen MR) is 98.0 cm³/mol. The molecule has 0 aliphatic carbocycles. The monoisotopic (exact) mass is 354 g/mol. The Kier molecular flexibility index (Phi) is 5.79. The number of aryl methyl sites for hydroxylation is 2. The summed E-state index contributed by atoms with van der Waals surface area (Å²) in [5.41, 5.74) is 5.58. The molecule has 2 aromatic rings. The molecule has 0 aromatic heterocycles. The number of carbonyl (C=O) groups is 2. The average molecular weight is 354 g/mol. The smallest absolute Gasteiger partial charge is 0.318 e. The van der Waals surface area contributed by atoms with Crippen molar-refractivity contribution < 1.29 is 14.5 Å². The Morgan fingerprint density at radius 2 is 1.58 bits per heavy atom. The zero-order valence-electron chi connectivity index (χ0n) is 14.6. The number of anilines is 1. The van der Waals surface area contributed by atoms with Crippen molar-refractivity contribution in [1.29, 1.82) is 0 Å². The van der Waals surface area contributed by atoms with E-state index in [1.165, 1.54) is 24.3 Å². The molecule has 0 radical (unpaired) electrons. The van der Waals surface area contributed by atoms with Gasteiger partial charge in [-0.15, -0.1) is 0 Å². The van der Waals surface area contributed by atoms with Crippen molar-refractivity contribution in [3.05, 3.63) is 69.3 Å². The van der Waals surface area contributed by atoms with Gasteiger partial charge in [0, 0.05) is 17.8 Å². The number of rotatable bonds is 4. The van der Waals surface area contributed by atoms with Crippen LogP contribution in [0.4, 0.5) is 11.4 Å². The topological polar surface area (TPSA) is 114 Å². The Balaban J connectivity index is 2.00. The summed E-state index contributed by atoms with van der Waals surface area (Å²) in [6, 6.07) is 11.2. The minimum Gasteiger partial charge on any atom is -0.318 e. The number of non-ortho nitro benzene ring substituents is 1. The fraction of sp³-hybridized carbons (Fsp3) is 0.167. The summed E-state index contributed by atoms with van der Waals surface area (Å²) in [5, 5.41) is 17.0. The van der Waals surface area contributed by atoms with Crippen molar-refractivity contribution in [3.63, 3.8) is 0 Å². The second-order valence-corrected chi connectivity index (χ2v) is 5.77. The minimum atomic E-state index is -0.912. The van der Waals surface area contributed by atoms with Crippen molar-refractivity contribution in [1.82, 2.24) is 5.43 Å². The molecule has 0 aliphatic rings. The van der Waals surface area contributed by atoms with Crippen LogP contribution in [0.5, 0.6) is 0 Å². The molecule has 0 unspecified atom stereocenters. The second-order valence-electron chi connectivity index (χ2n) is 5.77. The first kappa shape index (κ1) is 18.8. The molecule has 0 atom stereocenters. The summed E-state index contributed by atoms with van der Waals surface area (Å²) in [6.07, 6.45) is 0. The Hall–Kier alpha value is -3.55. The molecule has 0 bridgehead atoms. The van der Waals surface area contributed by atoms with Gasteiger partial charge in [-0.25, -0.2) is 5.43 Å². The normalized spacial score (nSPS) is 11.0. The number of hydrogen-bond acceptors (Lipinski definition) is 5. The molecule has 2 rings (SSSR count). The first-order chi connectivity index (χ1) is 12.3. The summed E-state index contributed by atoms with van der Waals surface area (Å²) in [6.45, 7) is 5.39. The maximum atomic E-state index is 11.9. The van der Waals surface area contributed by atoms with Crippen LogP contribution in [0.1, 0.15) is 23.6 Å². The van der Waals surface area contributed by atoms with Gasteiger partial charge in [-0.2, -0.15) is 5.10 Å². The van der Waals surface area contributed by atoms with Gasteiger partial charge in [-0.05, 0) is 61.7 Å². The van der Waals surface area contributed by atoms with Crippen LogP contribution in [0, 0.1) is 24.0 Å². The number of hydrazone groups is 1. The van der Waals surface area contributed by atoms with Crippen molar-refractivity contribution in [2.24, 2.45) is 5.10 Å². The third kappa shape index (κ3) is 4.97. The van der Waals surface area contributed by atoms with E-state index < -0.39 is 16.7 Å². The SMILES string of the molecule is C/C(=N\NC(=O)C(=O)Nc1cc(C)cc(C)c1)c1ccc([N+](=O)[O-])cc1. The molecule has 0 aliphatic heterocycles. The van der Waals surface area contributed by atoms with E-state index in [1.807, 2.05) is 19.9 Å². The van der Waals surface area contributed by atoms with Crippen LogP contribution in [0.15, 0.2) is 47.6 Å². The van der Waals surface area contributed by atoms with Crippen LogP contribution in [0.25, 0.3) is 0 Å². The highest BCUT2D eigenvalue weighted by Crippen LogP contribution is 2.14. The summed E-state index contributed by atoms with van der Waals surface area (Å²) in [5.74, 6) is -1.75. The van der Waals surface area contributed by atoms with E-state index in [1.54, 1.807) is 19.1 Å². The molecule has 26 heavy (non-hydrogen) atoms. The standard InChI is InChI=1S/C18H18N4O4/c1-11-8-12(2)10-15(9-11)19-17(23)18(24)21-20-13(3)14-4-6-16(7-5-14)22(25)26/h4-10H,1-3H3,(H,19,23)(H,21,24)/b20-13+. The van der Waals surface area contributed by atoms with Crippen LogP contribution >= 0.6 is 0 Å². The molecule has 0 spiro atoms. The van der Waals surface area contributed by atoms with Crippen LogP contribution in [0.3, 0.4) is 0 Å². The largest absolute Gasteiger partial charge is 0.329 e. The van der Waals surface area contributed by atoms with Crippen molar-refractivity contribution in [3.8, 4) is 0 Å². The van der Waals surface area contributed by atoms with Crippen molar-refractivity contribution >= 4 is 28.9 Å². The van der Waals surface area contributed by atoms with Crippen LogP contribution in [-0.4, -0.2) is 22.4 Å². The van der Waals surface area contributed by atoms with Crippen LogP contribution < -0.4 is 10.7 Å². The molecule has 0 saturated carbocycles. The number of carbonyl (C=O) groups excluding carboxylic acids is 2. The molecule has 8 heteroatoms. The Labute approximate surface area is 150 Å². The molecule has 2 amide bonds. The summed E-state index contributed by atoms with van der Waals surface area (Å²) < 4.78 is 0. The van der Waals surface area contributed by atoms with E-state index in [-0.39, 0.29) is 5.69 Å². The first-order valence-corrected chi connectivity index (χ1v) is 7.75. The van der Waals surface area contributed by atoms with Crippen molar-refractivity contribution in [2.75, 3.05) is 5.32 Å². The molecule has 0 saturated heterocycles. The van der Waals surface area contributed by atoms with Gasteiger partial charge in [0.15, 0.2) is 0 Å². The van der Waals surface area contributed by atoms with Crippen LogP contribution in [0.2, 0.25) is 0 Å². The van der Waals surface area contributed by atoms with Gasteiger partial charge in [0.05, 0.1) is 10.6 Å². The number of nitrogens with one attached hydrogen (secondary N) is 2. The second kappa shape index (κ2) is 8.02. The van der Waals surface area contributed by atoms with Gasteiger partial charge < -0.3 is 5.32 Å². The maximum absolute atomic E-state index is 11.9. The highest BCUT2D eigenvalue weighted by molar-refractivity contribution is 6.39. The molecule has 134 valence electrons. The number of nitrogens with zero attached hydrogens (tertiary/aromatic N) is 2. The molecule has 2 N–H and O–H groups in total. The molecule has 0 heterocycles. The molecule has 0 fully saturated rings. The number of nitro groups is 1. The maximum Gasteiger partial charge on any atom is 0.329 e. The van der Waals surface area contributed by atoms with E-state index in [0.717, 1.165) is 11.1 Å². The quantitative estimate of drug-likeness (QED) is 0.380. The van der Waals surface area contributed by atoms with E-state index in [4.69, 9.17) is 0 Å². The third-order valence-corrected chi connectivity index (χ3v) is 3.51. The van der Waals surface area contributed by atoms with Gasteiger partial charge in [0.1, 0.15) is 0 Å². The zero-order chi connectivity index (χ0) is 19.3. The Morgan fingerprint density at radius 3 is 2.12 bits per heavy atom. The highest BCUT2D eigenvalue weighted by atomic mass is 16.6. The third-order valence-electron chi connectivity index (χ3n) is 3.51. The van der Waals surface area contributed by atoms with Gasteiger partial charge in [-0.3, -0.25) is 19.7 Å². The van der Waals surface area contributed by atoms with E-state index in [9.17, 15) is 19.7 Å². The fourth-order valence-electron chi connectivity index (χ4n) is 2.31. The van der Waals surface area contributed by atoms with Gasteiger partial charge in [0.25, 0.3) is 5.69 Å². The highest BCUT2D eigenvalue weighted by Gasteiger charge is 2.14. The molecule has 2 aromatic carbocycles. The lowest BCUT2D eigenvalue weighted by Gasteiger charge is -2.07. The molecular weight excluding hydrogens is 336 g/mol.